The molecule has 1 saturated heterocycles. The summed E-state index contributed by atoms with van der Waals surface area (Å²) >= 11 is 0. The van der Waals surface area contributed by atoms with Crippen molar-refractivity contribution in [2.45, 2.75) is 13.0 Å². The number of allylic oxidation sites excluding steroid dienone is 2. The molecule has 0 spiro atoms. The van der Waals surface area contributed by atoms with E-state index in [1.807, 2.05) is 0 Å². The lowest BCUT2D eigenvalue weighted by Crippen LogP contribution is -2.40. The van der Waals surface area contributed by atoms with Gasteiger partial charge in [0.05, 0.1) is 23.0 Å². The molecule has 8 nitrogen and oxygen atoms in total. The molecule has 7 rings (SSSR count). The number of hydrogen-bond donors (Lipinski definition) is 0. The summed E-state index contributed by atoms with van der Waals surface area (Å²) in [4.78, 5) is 36.2. The minimum absolute atomic E-state index is 0.0392. The molecule has 1 aliphatic heterocycles. The fourth-order valence-electron chi connectivity index (χ4n) is 5.71. The van der Waals surface area contributed by atoms with E-state index in [1.165, 1.54) is 18.3 Å². The Kier molecular flexibility index (Phi) is 4.43. The summed E-state index contributed by atoms with van der Waals surface area (Å²) in [5, 5.41) is 16.1. The summed E-state index contributed by atoms with van der Waals surface area (Å²) in [7, 11) is 0. The van der Waals surface area contributed by atoms with Gasteiger partial charge in [-0.2, -0.15) is 10.1 Å². The standard InChI is InChI=1S/C25H21N3O5/c29-24-22-18-9-10-19(21-11-20(18)21)23(22)25(30)27(24)26-12-14-3-7-17(8-4-14)33-13-15-1-5-16(6-2-15)28(31)32/h1-10,12,18-23H,11,13H2/b26-12-/t18-,19-,20-,21+,22+,23+/m1/s1. The van der Waals surface area contributed by atoms with Crippen molar-refractivity contribution >= 4 is 23.7 Å². The van der Waals surface area contributed by atoms with Crippen molar-refractivity contribution in [3.05, 3.63) is 81.9 Å². The maximum Gasteiger partial charge on any atom is 0.269 e. The van der Waals surface area contributed by atoms with E-state index in [9.17, 15) is 19.7 Å². The van der Waals surface area contributed by atoms with Crippen LogP contribution >= 0.6 is 0 Å². The highest BCUT2D eigenvalue weighted by Gasteiger charge is 2.67. The zero-order valence-corrected chi connectivity index (χ0v) is 17.6. The number of carbonyl (C=O) groups excluding carboxylic acids is 2. The molecule has 166 valence electrons. The highest BCUT2D eigenvalue weighted by molar-refractivity contribution is 6.06. The lowest BCUT2D eigenvalue weighted by atomic mass is 9.63. The Morgan fingerprint density at radius 2 is 1.58 bits per heavy atom. The minimum Gasteiger partial charge on any atom is -0.489 e. The summed E-state index contributed by atoms with van der Waals surface area (Å²) in [6.45, 7) is 0.281. The van der Waals surface area contributed by atoms with E-state index in [0.717, 1.165) is 22.6 Å². The number of rotatable bonds is 6. The number of hydrogen-bond acceptors (Lipinski definition) is 6. The second-order valence-corrected chi connectivity index (χ2v) is 9.17. The Morgan fingerprint density at radius 1 is 0.970 bits per heavy atom. The lowest BCUT2D eigenvalue weighted by Gasteiger charge is -2.37. The smallest absolute Gasteiger partial charge is 0.269 e. The number of imide groups is 1. The van der Waals surface area contributed by atoms with Crippen LogP contribution in [0.15, 0.2) is 65.8 Å². The van der Waals surface area contributed by atoms with Crippen molar-refractivity contribution in [1.82, 2.24) is 5.01 Å². The third-order valence-corrected chi connectivity index (χ3v) is 7.39. The number of hydrazone groups is 1. The zero-order chi connectivity index (χ0) is 22.7. The molecular formula is C25H21N3O5. The van der Waals surface area contributed by atoms with E-state index in [4.69, 9.17) is 4.74 Å². The molecule has 0 unspecified atom stereocenters. The SMILES string of the molecule is O=C1[C@H]2[C@@H]3C=C[C@H]([C@@H]4C[C@H]34)[C@@H]2C(=O)N1/N=C\c1ccc(OCc2ccc([N+](=O)[O-])cc2)cc1. The first-order valence-electron chi connectivity index (χ1n) is 11.1. The van der Waals surface area contributed by atoms with Gasteiger partial charge >= 0.3 is 0 Å². The van der Waals surface area contributed by atoms with Gasteiger partial charge in [-0.05, 0) is 77.6 Å². The molecule has 2 amide bonds. The van der Waals surface area contributed by atoms with Crippen molar-refractivity contribution in [3.63, 3.8) is 0 Å². The van der Waals surface area contributed by atoms with Gasteiger partial charge in [0, 0.05) is 12.1 Å². The van der Waals surface area contributed by atoms with Crippen LogP contribution in [-0.2, 0) is 16.2 Å². The maximum atomic E-state index is 13.0. The molecule has 8 heteroatoms. The molecule has 6 atom stereocenters. The van der Waals surface area contributed by atoms with Gasteiger partial charge in [0.25, 0.3) is 17.5 Å². The predicted molar refractivity (Wildman–Crippen MR) is 118 cm³/mol. The minimum atomic E-state index is -0.439. The molecule has 2 aromatic carbocycles. The molecular weight excluding hydrogens is 422 g/mol. The van der Waals surface area contributed by atoms with E-state index in [1.54, 1.807) is 36.4 Å². The van der Waals surface area contributed by atoms with Crippen LogP contribution in [0.1, 0.15) is 17.5 Å². The molecule has 2 saturated carbocycles. The number of amides is 2. The van der Waals surface area contributed by atoms with E-state index in [-0.39, 0.29) is 47.8 Å². The van der Waals surface area contributed by atoms with Crippen LogP contribution in [0.3, 0.4) is 0 Å². The predicted octanol–water partition coefficient (Wildman–Crippen LogP) is 3.56. The Hall–Kier alpha value is -3.81. The lowest BCUT2D eigenvalue weighted by molar-refractivity contribution is -0.384. The van der Waals surface area contributed by atoms with Crippen molar-refractivity contribution < 1.29 is 19.2 Å². The molecule has 5 aliphatic rings. The first-order valence-corrected chi connectivity index (χ1v) is 11.1. The summed E-state index contributed by atoms with van der Waals surface area (Å²) in [5.41, 5.74) is 1.61. The molecule has 33 heavy (non-hydrogen) atoms. The van der Waals surface area contributed by atoms with Crippen LogP contribution in [0.2, 0.25) is 0 Å². The summed E-state index contributed by atoms with van der Waals surface area (Å²) in [6, 6.07) is 13.4. The van der Waals surface area contributed by atoms with Crippen LogP contribution in [0.25, 0.3) is 0 Å². The fourth-order valence-corrected chi connectivity index (χ4v) is 5.71. The van der Waals surface area contributed by atoms with E-state index in [2.05, 4.69) is 17.3 Å². The first-order chi connectivity index (χ1) is 16.0. The highest BCUT2D eigenvalue weighted by Crippen LogP contribution is 2.65. The first kappa shape index (κ1) is 19.8. The average Bonchev–Trinajstić information content (AvgIpc) is 3.62. The van der Waals surface area contributed by atoms with Crippen LogP contribution in [0.4, 0.5) is 5.69 Å². The number of nitro groups is 1. The van der Waals surface area contributed by atoms with Crippen LogP contribution in [0.5, 0.6) is 5.75 Å². The quantitative estimate of drug-likeness (QED) is 0.223. The van der Waals surface area contributed by atoms with Gasteiger partial charge in [-0.3, -0.25) is 19.7 Å². The summed E-state index contributed by atoms with van der Waals surface area (Å²) < 4.78 is 5.73. The zero-order valence-electron chi connectivity index (χ0n) is 17.6. The Bertz CT molecular complexity index is 1170. The number of non-ortho nitro benzene ring substituents is 1. The molecule has 0 aromatic heterocycles. The van der Waals surface area contributed by atoms with Gasteiger partial charge in [0.1, 0.15) is 12.4 Å². The number of nitro benzene ring substituents is 1. The average molecular weight is 443 g/mol. The van der Waals surface area contributed by atoms with Crippen LogP contribution < -0.4 is 4.74 Å². The van der Waals surface area contributed by atoms with Gasteiger partial charge < -0.3 is 4.74 Å². The Labute approximate surface area is 189 Å². The van der Waals surface area contributed by atoms with Crippen LogP contribution in [-0.4, -0.2) is 28.0 Å². The summed E-state index contributed by atoms with van der Waals surface area (Å²) in [6.07, 6.45) is 6.96. The highest BCUT2D eigenvalue weighted by atomic mass is 16.6. The molecule has 2 bridgehead atoms. The van der Waals surface area contributed by atoms with Gasteiger partial charge in [-0.25, -0.2) is 0 Å². The van der Waals surface area contributed by atoms with Gasteiger partial charge in [-0.1, -0.05) is 12.2 Å². The Morgan fingerprint density at radius 3 is 2.15 bits per heavy atom. The molecule has 2 aromatic rings. The number of nitrogens with zero attached hydrogens (tertiary/aromatic N) is 3. The van der Waals surface area contributed by atoms with Gasteiger partial charge in [-0.15, -0.1) is 0 Å². The second-order valence-electron chi connectivity index (χ2n) is 9.17. The van der Waals surface area contributed by atoms with E-state index in [0.29, 0.717) is 17.6 Å². The number of benzene rings is 2. The van der Waals surface area contributed by atoms with Crippen molar-refractivity contribution in [2.24, 2.45) is 40.6 Å². The molecule has 0 radical (unpaired) electrons. The Balaban J connectivity index is 1.09. The second kappa shape index (κ2) is 7.37. The number of ether oxygens (including phenoxy) is 1. The molecule has 4 aliphatic carbocycles. The normalized spacial score (nSPS) is 31.1. The number of carbonyl (C=O) groups is 2. The third-order valence-electron chi connectivity index (χ3n) is 7.39. The van der Waals surface area contributed by atoms with E-state index >= 15 is 0 Å². The van der Waals surface area contributed by atoms with Gasteiger partial charge in [0.15, 0.2) is 0 Å². The third kappa shape index (κ3) is 3.25. The largest absolute Gasteiger partial charge is 0.489 e. The maximum absolute atomic E-state index is 13.0. The van der Waals surface area contributed by atoms with E-state index < -0.39 is 4.92 Å². The summed E-state index contributed by atoms with van der Waals surface area (Å²) in [5.74, 6) is 1.31. The van der Waals surface area contributed by atoms with Gasteiger partial charge in [0.2, 0.25) is 0 Å². The van der Waals surface area contributed by atoms with Crippen molar-refractivity contribution in [2.75, 3.05) is 0 Å². The monoisotopic (exact) mass is 443 g/mol. The van der Waals surface area contributed by atoms with Crippen molar-refractivity contribution in [1.29, 1.82) is 0 Å². The topological polar surface area (TPSA) is 102 Å². The molecule has 0 N–H and O–H groups in total. The molecule has 1 heterocycles. The van der Waals surface area contributed by atoms with Crippen molar-refractivity contribution in [3.8, 4) is 5.75 Å². The fraction of sp³-hybridized carbons (Fsp3) is 0.320. The van der Waals surface area contributed by atoms with Crippen LogP contribution in [0, 0.1) is 45.6 Å². The molecule has 3 fully saturated rings.